The Balaban J connectivity index is 1.59. The normalized spacial score (nSPS) is 11.9. The molecule has 0 fully saturated rings. The van der Waals surface area contributed by atoms with E-state index in [0.717, 1.165) is 5.56 Å². The van der Waals surface area contributed by atoms with E-state index in [4.69, 9.17) is 0 Å². The van der Waals surface area contributed by atoms with Crippen LogP contribution in [0.5, 0.6) is 0 Å². The Morgan fingerprint density at radius 2 is 1.57 bits per heavy atom. The van der Waals surface area contributed by atoms with Gasteiger partial charge in [-0.05, 0) is 60.5 Å². The second-order valence-corrected chi connectivity index (χ2v) is 8.50. The van der Waals surface area contributed by atoms with Crippen LogP contribution < -0.4 is 10.9 Å². The van der Waals surface area contributed by atoms with Gasteiger partial charge < -0.3 is 5.32 Å². The molecule has 3 aromatic heterocycles. The zero-order chi connectivity index (χ0) is 25.9. The molecule has 0 saturated carbocycles. The Labute approximate surface area is 210 Å². The van der Waals surface area contributed by atoms with Crippen LogP contribution >= 0.6 is 0 Å². The first-order valence-electron chi connectivity index (χ1n) is 11.5. The second-order valence-electron chi connectivity index (χ2n) is 8.50. The molecule has 5 aromatic rings. The van der Waals surface area contributed by atoms with Crippen LogP contribution in [0.3, 0.4) is 0 Å². The summed E-state index contributed by atoms with van der Waals surface area (Å²) in [6.07, 6.45) is 4.72. The SMILES string of the molecule is CC(NC(=O)c1cc2cc(-c3ccc(F)cc3)cnc2n(Cc2ncccn2)c1=O)c1ccc(F)cc1. The van der Waals surface area contributed by atoms with E-state index in [1.165, 1.54) is 34.9 Å². The highest BCUT2D eigenvalue weighted by molar-refractivity contribution is 5.97. The summed E-state index contributed by atoms with van der Waals surface area (Å²) < 4.78 is 28.1. The van der Waals surface area contributed by atoms with Crippen molar-refractivity contribution in [2.24, 2.45) is 0 Å². The summed E-state index contributed by atoms with van der Waals surface area (Å²) in [5, 5.41) is 3.35. The van der Waals surface area contributed by atoms with Gasteiger partial charge in [-0.2, -0.15) is 0 Å². The monoisotopic (exact) mass is 497 g/mol. The topological polar surface area (TPSA) is 89.8 Å². The van der Waals surface area contributed by atoms with Gasteiger partial charge in [0.05, 0.1) is 12.6 Å². The number of hydrogen-bond donors (Lipinski definition) is 1. The van der Waals surface area contributed by atoms with Crippen molar-refractivity contribution in [3.8, 4) is 11.1 Å². The molecule has 1 N–H and O–H groups in total. The minimum Gasteiger partial charge on any atom is -0.345 e. The number of aromatic nitrogens is 4. The molecular formula is C28H21F2N5O2. The minimum absolute atomic E-state index is 0.00764. The van der Waals surface area contributed by atoms with Gasteiger partial charge in [-0.25, -0.2) is 23.7 Å². The summed E-state index contributed by atoms with van der Waals surface area (Å²) in [4.78, 5) is 39.7. The number of rotatable bonds is 6. The molecule has 7 nitrogen and oxygen atoms in total. The third-order valence-corrected chi connectivity index (χ3v) is 5.98. The number of carbonyl (C=O) groups excluding carboxylic acids is 1. The summed E-state index contributed by atoms with van der Waals surface area (Å²) in [7, 11) is 0. The molecule has 0 aliphatic heterocycles. The molecule has 0 bridgehead atoms. The van der Waals surface area contributed by atoms with Crippen LogP contribution in [0.2, 0.25) is 0 Å². The Bertz CT molecular complexity index is 1640. The van der Waals surface area contributed by atoms with Crippen molar-refractivity contribution >= 4 is 16.9 Å². The summed E-state index contributed by atoms with van der Waals surface area (Å²) in [5.41, 5.74) is 1.83. The number of pyridine rings is 2. The standard InChI is InChI=1S/C28H21F2N5O2/c1-17(18-3-7-22(29)8-4-18)34-27(36)24-14-20-13-21(19-5-9-23(30)10-6-19)15-33-26(20)35(28(24)37)16-25-31-11-2-12-32-25/h2-15,17H,16H2,1H3,(H,34,36). The van der Waals surface area contributed by atoms with Crippen molar-refractivity contribution in [1.29, 1.82) is 0 Å². The van der Waals surface area contributed by atoms with Crippen molar-refractivity contribution < 1.29 is 13.6 Å². The average molecular weight is 498 g/mol. The van der Waals surface area contributed by atoms with Crippen molar-refractivity contribution in [2.75, 3.05) is 0 Å². The van der Waals surface area contributed by atoms with Gasteiger partial charge in [-0.3, -0.25) is 14.2 Å². The fourth-order valence-electron chi connectivity index (χ4n) is 4.04. The summed E-state index contributed by atoms with van der Waals surface area (Å²) in [6.45, 7) is 1.75. The van der Waals surface area contributed by atoms with Crippen LogP contribution in [0.25, 0.3) is 22.2 Å². The lowest BCUT2D eigenvalue weighted by molar-refractivity contribution is 0.0938. The van der Waals surface area contributed by atoms with Gasteiger partial charge in [0.1, 0.15) is 28.7 Å². The molecule has 0 radical (unpaired) electrons. The number of carbonyl (C=O) groups is 1. The predicted octanol–water partition coefficient (Wildman–Crippen LogP) is 4.67. The van der Waals surface area contributed by atoms with Crippen molar-refractivity contribution in [2.45, 2.75) is 19.5 Å². The van der Waals surface area contributed by atoms with E-state index >= 15 is 0 Å². The van der Waals surface area contributed by atoms with Crippen LogP contribution in [0.15, 0.2) is 90.1 Å². The van der Waals surface area contributed by atoms with Crippen molar-refractivity contribution in [3.63, 3.8) is 0 Å². The van der Waals surface area contributed by atoms with Gasteiger partial charge in [-0.15, -0.1) is 0 Å². The lowest BCUT2D eigenvalue weighted by atomic mass is 10.0. The number of amides is 1. The Morgan fingerprint density at radius 3 is 2.24 bits per heavy atom. The molecule has 2 aromatic carbocycles. The number of fused-ring (bicyclic) bond motifs is 1. The first-order valence-corrected chi connectivity index (χ1v) is 11.5. The van der Waals surface area contributed by atoms with E-state index in [2.05, 4.69) is 20.3 Å². The first-order chi connectivity index (χ1) is 17.9. The third kappa shape index (κ3) is 5.11. The largest absolute Gasteiger partial charge is 0.345 e. The van der Waals surface area contributed by atoms with E-state index in [0.29, 0.717) is 28.0 Å². The van der Waals surface area contributed by atoms with Gasteiger partial charge in [0.15, 0.2) is 0 Å². The van der Waals surface area contributed by atoms with Crippen LogP contribution in [0.1, 0.15) is 34.7 Å². The molecule has 5 rings (SSSR count). The molecule has 9 heteroatoms. The number of nitrogens with zero attached hydrogens (tertiary/aromatic N) is 4. The van der Waals surface area contributed by atoms with Gasteiger partial charge in [0.2, 0.25) is 0 Å². The first kappa shape index (κ1) is 23.9. The maximum absolute atomic E-state index is 13.5. The quantitative estimate of drug-likeness (QED) is 0.368. The molecule has 0 saturated heterocycles. The highest BCUT2D eigenvalue weighted by atomic mass is 19.1. The smallest absolute Gasteiger partial charge is 0.265 e. The van der Waals surface area contributed by atoms with E-state index in [1.807, 2.05) is 0 Å². The zero-order valence-electron chi connectivity index (χ0n) is 19.7. The maximum atomic E-state index is 13.5. The lowest BCUT2D eigenvalue weighted by Gasteiger charge is -2.16. The molecule has 37 heavy (non-hydrogen) atoms. The van der Waals surface area contributed by atoms with E-state index < -0.39 is 17.5 Å². The number of nitrogens with one attached hydrogen (secondary N) is 1. The Hall–Kier alpha value is -4.79. The van der Waals surface area contributed by atoms with Gasteiger partial charge in [0, 0.05) is 29.5 Å². The average Bonchev–Trinajstić information content (AvgIpc) is 2.91. The van der Waals surface area contributed by atoms with Gasteiger partial charge in [-0.1, -0.05) is 24.3 Å². The molecule has 1 atom stereocenters. The fourth-order valence-corrected chi connectivity index (χ4v) is 4.04. The highest BCUT2D eigenvalue weighted by Crippen LogP contribution is 2.24. The Kier molecular flexibility index (Phi) is 6.51. The molecule has 0 aliphatic rings. The molecule has 3 heterocycles. The minimum atomic E-state index is -0.585. The van der Waals surface area contributed by atoms with E-state index in [1.54, 1.807) is 61.9 Å². The third-order valence-electron chi connectivity index (χ3n) is 5.98. The number of hydrogen-bond acceptors (Lipinski definition) is 5. The van der Waals surface area contributed by atoms with Gasteiger partial charge >= 0.3 is 0 Å². The summed E-state index contributed by atoms with van der Waals surface area (Å²) in [5.74, 6) is -0.943. The van der Waals surface area contributed by atoms with Crippen LogP contribution in [-0.2, 0) is 6.54 Å². The van der Waals surface area contributed by atoms with Crippen molar-refractivity contribution in [3.05, 3.63) is 124 Å². The maximum Gasteiger partial charge on any atom is 0.265 e. The van der Waals surface area contributed by atoms with Crippen LogP contribution in [0, 0.1) is 11.6 Å². The molecule has 1 amide bonds. The van der Waals surface area contributed by atoms with E-state index in [-0.39, 0.29) is 23.7 Å². The fraction of sp³-hybridized carbons (Fsp3) is 0.107. The summed E-state index contributed by atoms with van der Waals surface area (Å²) in [6, 6.07) is 16.2. The van der Waals surface area contributed by atoms with Crippen molar-refractivity contribution in [1.82, 2.24) is 24.8 Å². The Morgan fingerprint density at radius 1 is 0.919 bits per heavy atom. The highest BCUT2D eigenvalue weighted by Gasteiger charge is 2.20. The molecule has 184 valence electrons. The number of halogens is 2. The molecular weight excluding hydrogens is 476 g/mol. The van der Waals surface area contributed by atoms with Crippen LogP contribution in [0.4, 0.5) is 8.78 Å². The molecule has 1 unspecified atom stereocenters. The molecule has 0 spiro atoms. The predicted molar refractivity (Wildman–Crippen MR) is 135 cm³/mol. The second kappa shape index (κ2) is 10.1. The zero-order valence-corrected chi connectivity index (χ0v) is 19.7. The molecule has 0 aliphatic carbocycles. The number of benzene rings is 2. The lowest BCUT2D eigenvalue weighted by Crippen LogP contribution is -2.35. The summed E-state index contributed by atoms with van der Waals surface area (Å²) >= 11 is 0. The van der Waals surface area contributed by atoms with Crippen LogP contribution in [-0.4, -0.2) is 25.4 Å². The van der Waals surface area contributed by atoms with E-state index in [9.17, 15) is 18.4 Å². The van der Waals surface area contributed by atoms with Gasteiger partial charge in [0.25, 0.3) is 11.5 Å².